The monoisotopic (exact) mass is 295 g/mol. The summed E-state index contributed by atoms with van der Waals surface area (Å²) < 4.78 is 5.08. The molecule has 0 bridgehead atoms. The van der Waals surface area contributed by atoms with Gasteiger partial charge in [-0.15, -0.1) is 0 Å². The fourth-order valence-electron chi connectivity index (χ4n) is 2.32. The summed E-state index contributed by atoms with van der Waals surface area (Å²) in [4.78, 5) is 15.3. The molecule has 0 aliphatic carbocycles. The third-order valence-corrected chi connectivity index (χ3v) is 3.52. The number of nitrogens with two attached hydrogens (primary N) is 1. The van der Waals surface area contributed by atoms with Gasteiger partial charge in [0.15, 0.2) is 0 Å². The van der Waals surface area contributed by atoms with Crippen LogP contribution >= 0.6 is 0 Å². The third-order valence-electron chi connectivity index (χ3n) is 3.52. The van der Waals surface area contributed by atoms with E-state index >= 15 is 0 Å². The number of hydrazine groups is 1. The molecule has 8 heteroatoms. The molecule has 1 unspecified atom stereocenters. The van der Waals surface area contributed by atoms with Crippen LogP contribution in [0.2, 0.25) is 0 Å². The third kappa shape index (κ3) is 4.68. The molecule has 1 aromatic rings. The van der Waals surface area contributed by atoms with Gasteiger partial charge < -0.3 is 15.0 Å². The summed E-state index contributed by atoms with van der Waals surface area (Å²) >= 11 is 0. The van der Waals surface area contributed by atoms with Crippen molar-refractivity contribution >= 4 is 17.8 Å². The van der Waals surface area contributed by atoms with Gasteiger partial charge in [-0.05, 0) is 32.6 Å². The average Bonchev–Trinajstić information content (AvgIpc) is 2.53. The predicted octanol–water partition coefficient (Wildman–Crippen LogP) is 0.984. The Morgan fingerprint density at radius 1 is 1.19 bits per heavy atom. The Bertz CT molecular complexity index is 437. The minimum absolute atomic E-state index is 0.215. The van der Waals surface area contributed by atoms with Crippen LogP contribution in [0, 0.1) is 0 Å². The summed E-state index contributed by atoms with van der Waals surface area (Å²) in [6.07, 6.45) is 4.49. The van der Waals surface area contributed by atoms with Crippen LogP contribution in [0.25, 0.3) is 0 Å². The van der Waals surface area contributed by atoms with E-state index in [0.717, 1.165) is 19.5 Å². The van der Waals surface area contributed by atoms with E-state index < -0.39 is 0 Å². The molecule has 2 heterocycles. The van der Waals surface area contributed by atoms with Crippen LogP contribution in [-0.4, -0.2) is 47.8 Å². The Labute approximate surface area is 125 Å². The molecule has 0 radical (unpaired) electrons. The van der Waals surface area contributed by atoms with Crippen molar-refractivity contribution in [3.8, 4) is 0 Å². The van der Waals surface area contributed by atoms with Gasteiger partial charge >= 0.3 is 0 Å². The second-order valence-electron chi connectivity index (χ2n) is 5.30. The Morgan fingerprint density at radius 2 is 1.90 bits per heavy atom. The topological polar surface area (TPSA) is 101 Å². The SMILES string of the molecule is COCCC(C)Nc1nc(NN)nc(N2CCCCC2)n1. The first-order valence-electron chi connectivity index (χ1n) is 7.46. The van der Waals surface area contributed by atoms with Crippen LogP contribution in [0.15, 0.2) is 0 Å². The van der Waals surface area contributed by atoms with Gasteiger partial charge in [0.05, 0.1) is 0 Å². The standard InChI is InChI=1S/C13H25N7O/c1-10(6-9-21-2)15-11-16-12(19-14)18-13(17-11)20-7-4-3-5-8-20/h10H,3-9,14H2,1-2H3,(H2,15,16,17,18,19). The number of rotatable bonds is 7. The zero-order valence-corrected chi connectivity index (χ0v) is 12.8. The molecule has 1 aromatic heterocycles. The van der Waals surface area contributed by atoms with Crippen molar-refractivity contribution in [1.82, 2.24) is 15.0 Å². The van der Waals surface area contributed by atoms with Gasteiger partial charge in [0.25, 0.3) is 0 Å². The number of anilines is 3. The molecule has 1 aliphatic heterocycles. The van der Waals surface area contributed by atoms with E-state index in [4.69, 9.17) is 10.6 Å². The Kier molecular flexibility index (Phi) is 5.94. The number of nitrogens with one attached hydrogen (secondary N) is 2. The summed E-state index contributed by atoms with van der Waals surface area (Å²) in [5.74, 6) is 7.06. The number of methoxy groups -OCH3 is 1. The van der Waals surface area contributed by atoms with Crippen LogP contribution in [0.4, 0.5) is 17.8 Å². The summed E-state index contributed by atoms with van der Waals surface area (Å²) in [6, 6.07) is 0.215. The fourth-order valence-corrected chi connectivity index (χ4v) is 2.32. The number of nitrogen functional groups attached to an aromatic ring is 1. The van der Waals surface area contributed by atoms with Crippen molar-refractivity contribution in [2.75, 3.05) is 42.4 Å². The summed E-state index contributed by atoms with van der Waals surface area (Å²) in [6.45, 7) is 4.72. The smallest absolute Gasteiger partial charge is 0.243 e. The molecule has 0 aromatic carbocycles. The van der Waals surface area contributed by atoms with Gasteiger partial charge in [-0.25, -0.2) is 5.84 Å². The highest BCUT2D eigenvalue weighted by Crippen LogP contribution is 2.18. The first kappa shape index (κ1) is 15.7. The molecule has 8 nitrogen and oxygen atoms in total. The first-order valence-corrected chi connectivity index (χ1v) is 7.46. The minimum atomic E-state index is 0.215. The number of hydrogen-bond donors (Lipinski definition) is 3. The zero-order valence-electron chi connectivity index (χ0n) is 12.8. The van der Waals surface area contributed by atoms with Crippen LogP contribution in [0.5, 0.6) is 0 Å². The van der Waals surface area contributed by atoms with Crippen molar-refractivity contribution in [2.24, 2.45) is 5.84 Å². The van der Waals surface area contributed by atoms with E-state index in [2.05, 4.69) is 37.5 Å². The molecule has 1 aliphatic rings. The molecule has 118 valence electrons. The quantitative estimate of drug-likeness (QED) is 0.505. The van der Waals surface area contributed by atoms with Gasteiger partial charge in [0.1, 0.15) is 0 Å². The molecule has 0 saturated carbocycles. The lowest BCUT2D eigenvalue weighted by molar-refractivity contribution is 0.191. The number of aromatic nitrogens is 3. The number of nitrogens with zero attached hydrogens (tertiary/aromatic N) is 4. The summed E-state index contributed by atoms with van der Waals surface area (Å²) in [5.41, 5.74) is 2.51. The van der Waals surface area contributed by atoms with Crippen molar-refractivity contribution in [3.05, 3.63) is 0 Å². The molecule has 0 amide bonds. The lowest BCUT2D eigenvalue weighted by atomic mass is 10.1. The maximum Gasteiger partial charge on any atom is 0.243 e. The van der Waals surface area contributed by atoms with E-state index in [-0.39, 0.29) is 6.04 Å². The van der Waals surface area contributed by atoms with Crippen LogP contribution in [-0.2, 0) is 4.74 Å². The molecule has 2 rings (SSSR count). The molecule has 21 heavy (non-hydrogen) atoms. The molecular formula is C13H25N7O. The van der Waals surface area contributed by atoms with Crippen molar-refractivity contribution in [3.63, 3.8) is 0 Å². The van der Waals surface area contributed by atoms with Gasteiger partial charge in [-0.2, -0.15) is 15.0 Å². The molecular weight excluding hydrogens is 270 g/mol. The first-order chi connectivity index (χ1) is 10.2. The normalized spacial score (nSPS) is 16.6. The summed E-state index contributed by atoms with van der Waals surface area (Å²) in [7, 11) is 1.70. The fraction of sp³-hybridized carbons (Fsp3) is 0.769. The van der Waals surface area contributed by atoms with Crippen molar-refractivity contribution in [2.45, 2.75) is 38.6 Å². The highest BCUT2D eigenvalue weighted by Gasteiger charge is 2.16. The summed E-state index contributed by atoms with van der Waals surface area (Å²) in [5, 5.41) is 3.27. The van der Waals surface area contributed by atoms with Gasteiger partial charge in [-0.1, -0.05) is 0 Å². The lowest BCUT2D eigenvalue weighted by Crippen LogP contribution is -2.32. The van der Waals surface area contributed by atoms with Crippen LogP contribution < -0.4 is 21.5 Å². The van der Waals surface area contributed by atoms with Gasteiger partial charge in [0.2, 0.25) is 17.8 Å². The van der Waals surface area contributed by atoms with E-state index in [1.165, 1.54) is 19.3 Å². The van der Waals surface area contributed by atoms with E-state index in [9.17, 15) is 0 Å². The Balaban J connectivity index is 2.09. The second-order valence-corrected chi connectivity index (χ2v) is 5.30. The van der Waals surface area contributed by atoms with Gasteiger partial charge in [0, 0.05) is 32.8 Å². The minimum Gasteiger partial charge on any atom is -0.385 e. The predicted molar refractivity (Wildman–Crippen MR) is 83.3 cm³/mol. The molecule has 1 saturated heterocycles. The number of ether oxygens (including phenoxy) is 1. The van der Waals surface area contributed by atoms with Gasteiger partial charge in [-0.3, -0.25) is 5.43 Å². The largest absolute Gasteiger partial charge is 0.385 e. The van der Waals surface area contributed by atoms with E-state index in [1.54, 1.807) is 7.11 Å². The van der Waals surface area contributed by atoms with E-state index in [1.807, 2.05) is 0 Å². The van der Waals surface area contributed by atoms with Crippen LogP contribution in [0.1, 0.15) is 32.6 Å². The molecule has 4 N–H and O–H groups in total. The van der Waals surface area contributed by atoms with E-state index in [0.29, 0.717) is 24.5 Å². The lowest BCUT2D eigenvalue weighted by Gasteiger charge is -2.27. The highest BCUT2D eigenvalue weighted by atomic mass is 16.5. The molecule has 1 atom stereocenters. The highest BCUT2D eigenvalue weighted by molar-refractivity contribution is 5.43. The zero-order chi connectivity index (χ0) is 15.1. The second kappa shape index (κ2) is 7.94. The average molecular weight is 295 g/mol. The Hall–Kier alpha value is -1.67. The number of piperidine rings is 1. The maximum atomic E-state index is 5.46. The van der Waals surface area contributed by atoms with Crippen molar-refractivity contribution < 1.29 is 4.74 Å². The molecule has 0 spiro atoms. The molecule has 1 fully saturated rings. The number of hydrogen-bond acceptors (Lipinski definition) is 8. The maximum absolute atomic E-state index is 5.46. The Morgan fingerprint density at radius 3 is 2.57 bits per heavy atom. The van der Waals surface area contributed by atoms with Crippen LogP contribution in [0.3, 0.4) is 0 Å². The van der Waals surface area contributed by atoms with Crippen molar-refractivity contribution in [1.29, 1.82) is 0 Å².